The van der Waals surface area contributed by atoms with Gasteiger partial charge < -0.3 is 20.5 Å². The molecule has 0 aliphatic heterocycles. The lowest BCUT2D eigenvalue weighted by Gasteiger charge is -2.14. The Labute approximate surface area is 117 Å². The van der Waals surface area contributed by atoms with Gasteiger partial charge in [0.15, 0.2) is 0 Å². The lowest BCUT2D eigenvalue weighted by atomic mass is 10.1. The van der Waals surface area contributed by atoms with Crippen molar-refractivity contribution in [1.82, 2.24) is 5.32 Å². The molecule has 6 nitrogen and oxygen atoms in total. The Balaban J connectivity index is 1.89. The van der Waals surface area contributed by atoms with Crippen LogP contribution in [-0.2, 0) is 4.79 Å². The monoisotopic (exact) mass is 278 g/mol. The van der Waals surface area contributed by atoms with Crippen LogP contribution in [0.1, 0.15) is 19.3 Å². The number of carbonyl (C=O) groups is 2. The number of benzene rings is 1. The standard InChI is InChI=1S/C14H18N2O4/c1-20-12-5-3-2-4-11(12)16-14(19)15-10-7-6-9(8-10)13(17)18/h2-5,9-10H,6-8H2,1H3,(H,17,18)(H2,15,16,19). The first kappa shape index (κ1) is 14.2. The van der Waals surface area contributed by atoms with E-state index in [-0.39, 0.29) is 18.0 Å². The minimum atomic E-state index is -0.792. The van der Waals surface area contributed by atoms with Gasteiger partial charge in [0.1, 0.15) is 5.75 Å². The summed E-state index contributed by atoms with van der Waals surface area (Å²) in [6, 6.07) is 6.68. The van der Waals surface area contributed by atoms with Crippen LogP contribution in [-0.4, -0.2) is 30.3 Å². The van der Waals surface area contributed by atoms with E-state index in [0.717, 1.165) is 0 Å². The number of carboxylic acids is 1. The zero-order valence-corrected chi connectivity index (χ0v) is 11.3. The second-order valence-corrected chi connectivity index (χ2v) is 4.84. The molecule has 1 aromatic carbocycles. The van der Waals surface area contributed by atoms with Crippen LogP contribution < -0.4 is 15.4 Å². The summed E-state index contributed by atoms with van der Waals surface area (Å²) in [5.74, 6) is -0.566. The Kier molecular flexibility index (Phi) is 4.45. The second-order valence-electron chi connectivity index (χ2n) is 4.84. The third kappa shape index (κ3) is 3.40. The first-order valence-corrected chi connectivity index (χ1v) is 6.53. The topological polar surface area (TPSA) is 87.7 Å². The molecule has 0 spiro atoms. The number of anilines is 1. The van der Waals surface area contributed by atoms with Crippen molar-refractivity contribution in [1.29, 1.82) is 0 Å². The number of para-hydroxylation sites is 2. The predicted octanol–water partition coefficient (Wildman–Crippen LogP) is 2.07. The van der Waals surface area contributed by atoms with E-state index in [1.54, 1.807) is 18.2 Å². The highest BCUT2D eigenvalue weighted by Gasteiger charge is 2.30. The SMILES string of the molecule is COc1ccccc1NC(=O)NC1CCC(C(=O)O)C1. The summed E-state index contributed by atoms with van der Waals surface area (Å²) in [6.07, 6.45) is 1.78. The number of ether oxygens (including phenoxy) is 1. The molecule has 2 atom stereocenters. The largest absolute Gasteiger partial charge is 0.495 e. The Morgan fingerprint density at radius 1 is 1.30 bits per heavy atom. The molecule has 0 aromatic heterocycles. The molecule has 20 heavy (non-hydrogen) atoms. The quantitative estimate of drug-likeness (QED) is 0.786. The number of methoxy groups -OCH3 is 1. The molecule has 108 valence electrons. The maximum absolute atomic E-state index is 11.9. The normalized spacial score (nSPS) is 21.2. The first-order chi connectivity index (χ1) is 9.60. The van der Waals surface area contributed by atoms with Crippen LogP contribution in [0, 0.1) is 5.92 Å². The maximum atomic E-state index is 11.9. The molecule has 0 bridgehead atoms. The third-order valence-electron chi connectivity index (χ3n) is 3.47. The summed E-state index contributed by atoms with van der Waals surface area (Å²) in [4.78, 5) is 22.8. The zero-order chi connectivity index (χ0) is 14.5. The zero-order valence-electron chi connectivity index (χ0n) is 11.3. The molecule has 1 aliphatic carbocycles. The molecule has 2 unspecified atom stereocenters. The number of aliphatic carboxylic acids is 1. The number of hydrogen-bond donors (Lipinski definition) is 3. The van der Waals surface area contributed by atoms with Gasteiger partial charge in [0, 0.05) is 6.04 Å². The van der Waals surface area contributed by atoms with E-state index in [1.807, 2.05) is 6.07 Å². The van der Waals surface area contributed by atoms with E-state index < -0.39 is 5.97 Å². The van der Waals surface area contributed by atoms with Crippen LogP contribution in [0.2, 0.25) is 0 Å². The predicted molar refractivity (Wildman–Crippen MR) is 73.9 cm³/mol. The van der Waals surface area contributed by atoms with Crippen molar-refractivity contribution in [3.05, 3.63) is 24.3 Å². The fraction of sp³-hybridized carbons (Fsp3) is 0.429. The number of nitrogens with one attached hydrogen (secondary N) is 2. The summed E-state index contributed by atoms with van der Waals surface area (Å²) in [5, 5.41) is 14.4. The number of carbonyl (C=O) groups excluding carboxylic acids is 1. The van der Waals surface area contributed by atoms with Crippen LogP contribution in [0.5, 0.6) is 5.75 Å². The molecule has 2 rings (SSSR count). The molecular formula is C14H18N2O4. The van der Waals surface area contributed by atoms with Gasteiger partial charge in [-0.1, -0.05) is 12.1 Å². The van der Waals surface area contributed by atoms with Gasteiger partial charge in [0.2, 0.25) is 0 Å². The fourth-order valence-electron chi connectivity index (χ4n) is 2.43. The molecule has 1 aliphatic rings. The fourth-order valence-corrected chi connectivity index (χ4v) is 2.43. The first-order valence-electron chi connectivity index (χ1n) is 6.53. The smallest absolute Gasteiger partial charge is 0.319 e. The lowest BCUT2D eigenvalue weighted by Crippen LogP contribution is -2.36. The minimum absolute atomic E-state index is 0.0918. The van der Waals surface area contributed by atoms with E-state index in [9.17, 15) is 9.59 Å². The molecule has 2 amide bonds. The van der Waals surface area contributed by atoms with Crippen molar-refractivity contribution in [3.8, 4) is 5.75 Å². The van der Waals surface area contributed by atoms with Crippen molar-refractivity contribution < 1.29 is 19.4 Å². The molecule has 0 saturated heterocycles. The molecule has 0 heterocycles. The van der Waals surface area contributed by atoms with Crippen LogP contribution in [0.25, 0.3) is 0 Å². The molecule has 1 aromatic rings. The highest BCUT2D eigenvalue weighted by atomic mass is 16.5. The Bertz CT molecular complexity index is 504. The molecule has 1 fully saturated rings. The van der Waals surface area contributed by atoms with Crippen molar-refractivity contribution in [2.45, 2.75) is 25.3 Å². The van der Waals surface area contributed by atoms with Crippen molar-refractivity contribution in [2.75, 3.05) is 12.4 Å². The van der Waals surface area contributed by atoms with Gasteiger partial charge in [-0.2, -0.15) is 0 Å². The summed E-state index contributed by atoms with van der Waals surface area (Å²) >= 11 is 0. The Morgan fingerprint density at radius 2 is 2.05 bits per heavy atom. The van der Waals surface area contributed by atoms with Gasteiger partial charge in [-0.05, 0) is 31.4 Å². The Morgan fingerprint density at radius 3 is 2.70 bits per heavy atom. The number of amides is 2. The molecule has 6 heteroatoms. The summed E-state index contributed by atoms with van der Waals surface area (Å²) < 4.78 is 5.14. The van der Waals surface area contributed by atoms with Gasteiger partial charge in [0.25, 0.3) is 0 Å². The van der Waals surface area contributed by atoms with Crippen LogP contribution in [0.3, 0.4) is 0 Å². The Hall–Kier alpha value is -2.24. The molecule has 3 N–H and O–H groups in total. The molecule has 0 radical (unpaired) electrons. The van der Waals surface area contributed by atoms with Gasteiger partial charge in [-0.3, -0.25) is 4.79 Å². The summed E-state index contributed by atoms with van der Waals surface area (Å²) in [7, 11) is 1.53. The van der Waals surface area contributed by atoms with E-state index in [2.05, 4.69) is 10.6 Å². The summed E-state index contributed by atoms with van der Waals surface area (Å²) in [5.41, 5.74) is 0.584. The van der Waals surface area contributed by atoms with E-state index in [4.69, 9.17) is 9.84 Å². The van der Waals surface area contributed by atoms with E-state index in [1.165, 1.54) is 7.11 Å². The minimum Gasteiger partial charge on any atom is -0.495 e. The van der Waals surface area contributed by atoms with Crippen LogP contribution >= 0.6 is 0 Å². The summed E-state index contributed by atoms with van der Waals surface area (Å²) in [6.45, 7) is 0. The van der Waals surface area contributed by atoms with Gasteiger partial charge in [-0.25, -0.2) is 4.79 Å². The molecular weight excluding hydrogens is 260 g/mol. The third-order valence-corrected chi connectivity index (χ3v) is 3.47. The van der Waals surface area contributed by atoms with Crippen LogP contribution in [0.4, 0.5) is 10.5 Å². The van der Waals surface area contributed by atoms with Gasteiger partial charge >= 0.3 is 12.0 Å². The van der Waals surface area contributed by atoms with Crippen LogP contribution in [0.15, 0.2) is 24.3 Å². The maximum Gasteiger partial charge on any atom is 0.319 e. The number of rotatable bonds is 4. The van der Waals surface area contributed by atoms with Gasteiger partial charge in [0.05, 0.1) is 18.7 Å². The number of hydrogen-bond acceptors (Lipinski definition) is 3. The van der Waals surface area contributed by atoms with Crippen molar-refractivity contribution in [3.63, 3.8) is 0 Å². The van der Waals surface area contributed by atoms with Crippen molar-refractivity contribution in [2.24, 2.45) is 5.92 Å². The average molecular weight is 278 g/mol. The highest BCUT2D eigenvalue weighted by molar-refractivity contribution is 5.91. The average Bonchev–Trinajstić information content (AvgIpc) is 2.88. The number of carboxylic acid groups (broad SMARTS) is 1. The van der Waals surface area contributed by atoms with E-state index >= 15 is 0 Å². The second kappa shape index (κ2) is 6.27. The van der Waals surface area contributed by atoms with Gasteiger partial charge in [-0.15, -0.1) is 0 Å². The van der Waals surface area contributed by atoms with Crippen molar-refractivity contribution >= 4 is 17.7 Å². The van der Waals surface area contributed by atoms with E-state index in [0.29, 0.717) is 30.7 Å². The highest BCUT2D eigenvalue weighted by Crippen LogP contribution is 2.26. The number of urea groups is 1. The lowest BCUT2D eigenvalue weighted by molar-refractivity contribution is -0.141. The molecule has 1 saturated carbocycles.